The smallest absolute Gasteiger partial charge is 0.221 e. The largest absolute Gasteiger partial charge is 0.356 e. The predicted molar refractivity (Wildman–Crippen MR) is 64.3 cm³/mol. The van der Waals surface area contributed by atoms with Crippen LogP contribution in [0.1, 0.15) is 18.2 Å². The normalized spacial score (nSPS) is 12.5. The Balaban J connectivity index is 2.19. The summed E-state index contributed by atoms with van der Waals surface area (Å²) >= 11 is 7.33. The molecule has 1 amide bonds. The quantitative estimate of drug-likeness (QED) is 0.833. The summed E-state index contributed by atoms with van der Waals surface area (Å²) in [5, 5.41) is 2.82. The molecule has 0 aliphatic heterocycles. The maximum Gasteiger partial charge on any atom is 0.221 e. The number of carbonyl (C=O) groups excluding carboxylic acids is 1. The molecule has 1 unspecified atom stereocenters. The average Bonchev–Trinajstić information content (AvgIpc) is 2.50. The molecule has 0 radical (unpaired) electrons. The fourth-order valence-electron chi connectivity index (χ4n) is 1.18. The molecule has 0 fully saturated rings. The molecule has 1 atom stereocenters. The van der Waals surface area contributed by atoms with Crippen LogP contribution < -0.4 is 11.1 Å². The van der Waals surface area contributed by atoms with Crippen LogP contribution in [0.4, 0.5) is 0 Å². The lowest BCUT2D eigenvalue weighted by Crippen LogP contribution is -2.31. The molecule has 0 saturated heterocycles. The Kier molecular flexibility index (Phi) is 5.08. The van der Waals surface area contributed by atoms with Gasteiger partial charge in [-0.15, -0.1) is 11.3 Å². The van der Waals surface area contributed by atoms with Crippen molar-refractivity contribution in [3.63, 3.8) is 0 Å². The molecule has 1 heterocycles. The highest BCUT2D eigenvalue weighted by molar-refractivity contribution is 7.16. The zero-order valence-corrected chi connectivity index (χ0v) is 10.2. The van der Waals surface area contributed by atoms with Gasteiger partial charge in [0.1, 0.15) is 0 Å². The van der Waals surface area contributed by atoms with Gasteiger partial charge in [0.25, 0.3) is 0 Å². The third kappa shape index (κ3) is 5.16. The summed E-state index contributed by atoms with van der Waals surface area (Å²) in [5.41, 5.74) is 5.50. The SMILES string of the molecule is CC(N)CC(=O)NCCc1ccc(Cl)s1. The van der Waals surface area contributed by atoms with E-state index in [1.807, 2.05) is 19.1 Å². The van der Waals surface area contributed by atoms with Gasteiger partial charge in [-0.1, -0.05) is 11.6 Å². The second kappa shape index (κ2) is 6.10. The summed E-state index contributed by atoms with van der Waals surface area (Å²) in [6, 6.07) is 3.76. The summed E-state index contributed by atoms with van der Waals surface area (Å²) < 4.78 is 0.784. The maximum absolute atomic E-state index is 11.2. The number of hydrogen-bond donors (Lipinski definition) is 2. The molecule has 0 saturated carbocycles. The molecule has 15 heavy (non-hydrogen) atoms. The van der Waals surface area contributed by atoms with Crippen LogP contribution in [0.3, 0.4) is 0 Å². The van der Waals surface area contributed by atoms with Crippen molar-refractivity contribution in [3.8, 4) is 0 Å². The highest BCUT2D eigenvalue weighted by Crippen LogP contribution is 2.21. The van der Waals surface area contributed by atoms with E-state index in [0.29, 0.717) is 13.0 Å². The average molecular weight is 247 g/mol. The Hall–Kier alpha value is -0.580. The number of hydrogen-bond acceptors (Lipinski definition) is 3. The number of thiophene rings is 1. The van der Waals surface area contributed by atoms with Crippen molar-refractivity contribution in [3.05, 3.63) is 21.3 Å². The Labute approximate surface area is 98.6 Å². The molecule has 0 bridgehead atoms. The van der Waals surface area contributed by atoms with Gasteiger partial charge in [-0.25, -0.2) is 0 Å². The maximum atomic E-state index is 11.2. The van der Waals surface area contributed by atoms with E-state index in [9.17, 15) is 4.79 Å². The monoisotopic (exact) mass is 246 g/mol. The van der Waals surface area contributed by atoms with Crippen LogP contribution in [-0.4, -0.2) is 18.5 Å². The van der Waals surface area contributed by atoms with E-state index in [2.05, 4.69) is 5.32 Å². The van der Waals surface area contributed by atoms with E-state index in [0.717, 1.165) is 10.8 Å². The topological polar surface area (TPSA) is 55.1 Å². The first-order chi connectivity index (χ1) is 7.08. The van der Waals surface area contributed by atoms with Gasteiger partial charge in [0.15, 0.2) is 0 Å². The van der Waals surface area contributed by atoms with E-state index in [4.69, 9.17) is 17.3 Å². The standard InChI is InChI=1S/C10H15ClN2OS/c1-7(12)6-10(14)13-5-4-8-2-3-9(11)15-8/h2-3,7H,4-6,12H2,1H3,(H,13,14). The molecule has 1 rings (SSSR count). The molecule has 1 aromatic heterocycles. The van der Waals surface area contributed by atoms with Crippen molar-refractivity contribution in [1.82, 2.24) is 5.32 Å². The zero-order valence-electron chi connectivity index (χ0n) is 8.63. The molecule has 0 aliphatic rings. The van der Waals surface area contributed by atoms with Gasteiger partial charge in [0.2, 0.25) is 5.91 Å². The lowest BCUT2D eigenvalue weighted by molar-refractivity contribution is -0.121. The molecular formula is C10H15ClN2OS. The van der Waals surface area contributed by atoms with Gasteiger partial charge in [-0.2, -0.15) is 0 Å². The number of halogens is 1. The predicted octanol–water partition coefficient (Wildman–Crippen LogP) is 1.80. The Morgan fingerprint density at radius 3 is 2.93 bits per heavy atom. The molecule has 3 nitrogen and oxygen atoms in total. The van der Waals surface area contributed by atoms with Crippen molar-refractivity contribution >= 4 is 28.8 Å². The lowest BCUT2D eigenvalue weighted by atomic mass is 10.2. The molecule has 0 spiro atoms. The number of carbonyl (C=O) groups is 1. The summed E-state index contributed by atoms with van der Waals surface area (Å²) in [4.78, 5) is 12.4. The van der Waals surface area contributed by atoms with Gasteiger partial charge >= 0.3 is 0 Å². The highest BCUT2D eigenvalue weighted by Gasteiger charge is 2.04. The molecule has 5 heteroatoms. The van der Waals surface area contributed by atoms with Crippen molar-refractivity contribution in [1.29, 1.82) is 0 Å². The van der Waals surface area contributed by atoms with Crippen LogP contribution in [0.2, 0.25) is 4.34 Å². The number of nitrogens with one attached hydrogen (secondary N) is 1. The molecular weight excluding hydrogens is 232 g/mol. The van der Waals surface area contributed by atoms with Gasteiger partial charge in [-0.05, 0) is 25.5 Å². The van der Waals surface area contributed by atoms with Gasteiger partial charge in [-0.3, -0.25) is 4.79 Å². The van der Waals surface area contributed by atoms with E-state index in [-0.39, 0.29) is 11.9 Å². The summed E-state index contributed by atoms with van der Waals surface area (Å²) in [5.74, 6) is 0.00709. The van der Waals surface area contributed by atoms with Crippen molar-refractivity contribution < 1.29 is 4.79 Å². The molecule has 1 aromatic rings. The van der Waals surface area contributed by atoms with Gasteiger partial charge in [0, 0.05) is 23.9 Å². The molecule has 0 aromatic carbocycles. The highest BCUT2D eigenvalue weighted by atomic mass is 35.5. The Morgan fingerprint density at radius 2 is 2.40 bits per heavy atom. The number of amides is 1. The summed E-state index contributed by atoms with van der Waals surface area (Å²) in [6.07, 6.45) is 1.20. The third-order valence-electron chi connectivity index (χ3n) is 1.83. The second-order valence-electron chi connectivity index (χ2n) is 3.49. The van der Waals surface area contributed by atoms with Crippen LogP contribution in [0.25, 0.3) is 0 Å². The molecule has 0 aliphatic carbocycles. The van der Waals surface area contributed by atoms with Crippen molar-refractivity contribution in [2.24, 2.45) is 5.73 Å². The Bertz CT molecular complexity index is 325. The summed E-state index contributed by atoms with van der Waals surface area (Å²) in [6.45, 7) is 2.46. The van der Waals surface area contributed by atoms with Crippen LogP contribution in [-0.2, 0) is 11.2 Å². The van der Waals surface area contributed by atoms with Gasteiger partial charge in [0.05, 0.1) is 4.34 Å². The van der Waals surface area contributed by atoms with Crippen LogP contribution in [0.15, 0.2) is 12.1 Å². The second-order valence-corrected chi connectivity index (χ2v) is 5.29. The fourth-order valence-corrected chi connectivity index (χ4v) is 2.26. The van der Waals surface area contributed by atoms with Crippen molar-refractivity contribution in [2.75, 3.05) is 6.54 Å². The first kappa shape index (κ1) is 12.5. The van der Waals surface area contributed by atoms with Crippen LogP contribution >= 0.6 is 22.9 Å². The van der Waals surface area contributed by atoms with E-state index < -0.39 is 0 Å². The minimum atomic E-state index is -0.0822. The molecule has 3 N–H and O–H groups in total. The van der Waals surface area contributed by atoms with Gasteiger partial charge < -0.3 is 11.1 Å². The Morgan fingerprint density at radius 1 is 1.67 bits per heavy atom. The van der Waals surface area contributed by atoms with Crippen LogP contribution in [0, 0.1) is 0 Å². The minimum Gasteiger partial charge on any atom is -0.356 e. The van der Waals surface area contributed by atoms with E-state index in [1.165, 1.54) is 4.88 Å². The van der Waals surface area contributed by atoms with E-state index >= 15 is 0 Å². The third-order valence-corrected chi connectivity index (χ3v) is 3.12. The summed E-state index contributed by atoms with van der Waals surface area (Å²) in [7, 11) is 0. The fraction of sp³-hybridized carbons (Fsp3) is 0.500. The zero-order chi connectivity index (χ0) is 11.3. The first-order valence-electron chi connectivity index (χ1n) is 4.84. The minimum absolute atomic E-state index is 0.00709. The number of nitrogens with two attached hydrogens (primary N) is 1. The van der Waals surface area contributed by atoms with Crippen molar-refractivity contribution in [2.45, 2.75) is 25.8 Å². The van der Waals surface area contributed by atoms with E-state index in [1.54, 1.807) is 11.3 Å². The lowest BCUT2D eigenvalue weighted by Gasteiger charge is -2.06. The number of rotatable bonds is 5. The molecule has 84 valence electrons. The first-order valence-corrected chi connectivity index (χ1v) is 6.04. The van der Waals surface area contributed by atoms with Crippen LogP contribution in [0.5, 0.6) is 0 Å².